The van der Waals surface area contributed by atoms with Gasteiger partial charge >= 0.3 is 5.97 Å². The third-order valence-electron chi connectivity index (χ3n) is 6.96. The summed E-state index contributed by atoms with van der Waals surface area (Å²) in [7, 11) is 4.33. The zero-order valence-corrected chi connectivity index (χ0v) is 20.6. The van der Waals surface area contributed by atoms with E-state index in [0.29, 0.717) is 11.5 Å². The first-order valence-electron chi connectivity index (χ1n) is 11.8. The summed E-state index contributed by atoms with van der Waals surface area (Å²) in [4.78, 5) is 45.4. The summed E-state index contributed by atoms with van der Waals surface area (Å²) >= 11 is 0. The number of carbonyl (C=O) groups excluding carboxylic acids is 3. The van der Waals surface area contributed by atoms with Gasteiger partial charge in [0.05, 0.1) is 34.2 Å². The van der Waals surface area contributed by atoms with E-state index >= 15 is 0 Å². The smallest absolute Gasteiger partial charge is 0.359 e. The minimum absolute atomic E-state index is 0.0652. The predicted octanol–water partition coefficient (Wildman–Crippen LogP) is 2.55. The van der Waals surface area contributed by atoms with E-state index < -0.39 is 17.4 Å². The molecule has 10 heteroatoms. The Morgan fingerprint density at radius 1 is 1.11 bits per heavy atom. The molecule has 1 unspecified atom stereocenters. The van der Waals surface area contributed by atoms with Gasteiger partial charge in [0.1, 0.15) is 11.2 Å². The summed E-state index contributed by atoms with van der Waals surface area (Å²) in [5.74, 6) is -0.316. The minimum atomic E-state index is -1.21. The second-order valence-electron chi connectivity index (χ2n) is 9.22. The highest BCUT2D eigenvalue weighted by Gasteiger charge is 2.49. The van der Waals surface area contributed by atoms with Crippen molar-refractivity contribution in [1.29, 1.82) is 0 Å². The van der Waals surface area contributed by atoms with Crippen LogP contribution in [-0.2, 0) is 22.6 Å². The Morgan fingerprint density at radius 2 is 1.83 bits per heavy atom. The lowest BCUT2D eigenvalue weighted by molar-refractivity contribution is -0.134. The van der Waals surface area contributed by atoms with E-state index in [1.54, 1.807) is 30.7 Å². The third kappa shape index (κ3) is 4.56. The second kappa shape index (κ2) is 9.97. The first-order chi connectivity index (χ1) is 16.8. The molecule has 1 aromatic heterocycles. The molecule has 1 aliphatic carbocycles. The zero-order chi connectivity index (χ0) is 25.2. The van der Waals surface area contributed by atoms with Crippen LogP contribution in [0.3, 0.4) is 0 Å². The lowest BCUT2D eigenvalue weighted by Gasteiger charge is -2.44. The Morgan fingerprint density at radius 3 is 2.49 bits per heavy atom. The highest BCUT2D eigenvalue weighted by Crippen LogP contribution is 2.34. The molecule has 2 amide bonds. The molecule has 1 aliphatic heterocycles. The fourth-order valence-electron chi connectivity index (χ4n) is 4.93. The van der Waals surface area contributed by atoms with Gasteiger partial charge < -0.3 is 29.0 Å². The average Bonchev–Trinajstić information content (AvgIpc) is 3.30. The van der Waals surface area contributed by atoms with Crippen LogP contribution in [0.2, 0.25) is 0 Å². The van der Waals surface area contributed by atoms with Crippen molar-refractivity contribution in [1.82, 2.24) is 19.8 Å². The molecule has 10 nitrogen and oxygen atoms in total. The maximum Gasteiger partial charge on any atom is 0.359 e. The quantitative estimate of drug-likeness (QED) is 0.601. The monoisotopic (exact) mass is 484 g/mol. The molecular weight excluding hydrogens is 452 g/mol. The van der Waals surface area contributed by atoms with Crippen LogP contribution in [0.1, 0.15) is 65.6 Å². The SMILES string of the molecule is COC(=O)c1ncn2c1C(=O)N(Cc1ccc(OC)c(OC)c1)C(C)(C(=O)NC1CCCCC1)C2. The van der Waals surface area contributed by atoms with Crippen molar-refractivity contribution in [2.45, 2.75) is 63.7 Å². The van der Waals surface area contributed by atoms with Crippen LogP contribution in [0.4, 0.5) is 0 Å². The van der Waals surface area contributed by atoms with Crippen molar-refractivity contribution in [3.05, 3.63) is 41.5 Å². The number of ether oxygens (including phenoxy) is 3. The van der Waals surface area contributed by atoms with E-state index in [2.05, 4.69) is 10.3 Å². The molecule has 2 aromatic rings. The molecule has 1 atom stereocenters. The molecule has 4 rings (SSSR count). The molecule has 0 radical (unpaired) electrons. The van der Waals surface area contributed by atoms with Gasteiger partial charge in [-0.25, -0.2) is 9.78 Å². The molecule has 188 valence electrons. The van der Waals surface area contributed by atoms with Crippen LogP contribution >= 0.6 is 0 Å². The molecule has 35 heavy (non-hydrogen) atoms. The number of amides is 2. The van der Waals surface area contributed by atoms with Gasteiger partial charge in [-0.2, -0.15) is 0 Å². The number of imidazole rings is 1. The fourth-order valence-corrected chi connectivity index (χ4v) is 4.93. The molecule has 1 fully saturated rings. The number of nitrogens with zero attached hydrogens (tertiary/aromatic N) is 3. The van der Waals surface area contributed by atoms with E-state index in [1.807, 2.05) is 6.07 Å². The molecule has 0 saturated heterocycles. The number of benzene rings is 1. The molecular formula is C25H32N4O6. The summed E-state index contributed by atoms with van der Waals surface area (Å²) in [5, 5.41) is 3.17. The number of aromatic nitrogens is 2. The fraction of sp³-hybridized carbons (Fsp3) is 0.520. The van der Waals surface area contributed by atoms with Crippen LogP contribution < -0.4 is 14.8 Å². The number of hydrogen-bond donors (Lipinski definition) is 1. The maximum atomic E-state index is 13.8. The maximum absolute atomic E-state index is 13.8. The number of nitrogens with one attached hydrogen (secondary N) is 1. The van der Waals surface area contributed by atoms with Gasteiger partial charge in [-0.1, -0.05) is 25.3 Å². The Balaban J connectivity index is 1.72. The van der Waals surface area contributed by atoms with Crippen molar-refractivity contribution in [2.75, 3.05) is 21.3 Å². The first kappa shape index (κ1) is 24.6. The Kier molecular flexibility index (Phi) is 7.00. The third-order valence-corrected chi connectivity index (χ3v) is 6.96. The van der Waals surface area contributed by atoms with E-state index in [9.17, 15) is 14.4 Å². The average molecular weight is 485 g/mol. The highest BCUT2D eigenvalue weighted by atomic mass is 16.5. The van der Waals surface area contributed by atoms with Gasteiger partial charge in [0.2, 0.25) is 5.91 Å². The van der Waals surface area contributed by atoms with E-state index in [0.717, 1.165) is 31.2 Å². The van der Waals surface area contributed by atoms with Crippen LogP contribution in [0.5, 0.6) is 11.5 Å². The van der Waals surface area contributed by atoms with Crippen molar-refractivity contribution in [3.63, 3.8) is 0 Å². The molecule has 1 saturated carbocycles. The van der Waals surface area contributed by atoms with Gasteiger partial charge in [-0.05, 0) is 37.5 Å². The molecule has 1 N–H and O–H groups in total. The Labute approximate surface area is 204 Å². The van der Waals surface area contributed by atoms with Crippen molar-refractivity contribution < 1.29 is 28.6 Å². The van der Waals surface area contributed by atoms with Gasteiger partial charge in [0.15, 0.2) is 17.2 Å². The van der Waals surface area contributed by atoms with Gasteiger partial charge in [-0.3, -0.25) is 9.59 Å². The van der Waals surface area contributed by atoms with E-state index in [1.165, 1.54) is 31.9 Å². The molecule has 0 spiro atoms. The summed E-state index contributed by atoms with van der Waals surface area (Å²) in [6, 6.07) is 5.44. The highest BCUT2D eigenvalue weighted by molar-refractivity contribution is 6.06. The second-order valence-corrected chi connectivity index (χ2v) is 9.22. The molecule has 1 aromatic carbocycles. The van der Waals surface area contributed by atoms with E-state index in [4.69, 9.17) is 14.2 Å². The van der Waals surface area contributed by atoms with Gasteiger partial charge in [0.25, 0.3) is 5.91 Å². The lowest BCUT2D eigenvalue weighted by atomic mass is 9.90. The normalized spacial score (nSPS) is 20.2. The number of carbonyl (C=O) groups is 3. The largest absolute Gasteiger partial charge is 0.493 e. The first-order valence-corrected chi connectivity index (χ1v) is 11.8. The predicted molar refractivity (Wildman–Crippen MR) is 126 cm³/mol. The van der Waals surface area contributed by atoms with E-state index in [-0.39, 0.29) is 36.4 Å². The lowest BCUT2D eigenvalue weighted by Crippen LogP contribution is -2.64. The number of rotatable bonds is 7. The summed E-state index contributed by atoms with van der Waals surface area (Å²) in [6.45, 7) is 2.04. The zero-order valence-electron chi connectivity index (χ0n) is 20.6. The van der Waals surface area contributed by atoms with Crippen LogP contribution in [0.25, 0.3) is 0 Å². The number of methoxy groups -OCH3 is 3. The molecule has 0 bridgehead atoms. The standard InChI is InChI=1S/C25H32N4O6/c1-25(24(32)27-17-8-6-5-7-9-17)14-28-15-26-20(23(31)35-4)21(28)22(30)29(25)13-16-10-11-18(33-2)19(12-16)34-3/h10-12,15,17H,5-9,13-14H2,1-4H3,(H,27,32). The Bertz CT molecular complexity index is 1120. The summed E-state index contributed by atoms with van der Waals surface area (Å²) in [5.41, 5.74) is -0.409. The summed E-state index contributed by atoms with van der Waals surface area (Å²) < 4.78 is 17.1. The number of esters is 1. The van der Waals surface area contributed by atoms with Crippen molar-refractivity contribution in [3.8, 4) is 11.5 Å². The number of hydrogen-bond acceptors (Lipinski definition) is 7. The van der Waals surface area contributed by atoms with Gasteiger partial charge in [-0.15, -0.1) is 0 Å². The minimum Gasteiger partial charge on any atom is -0.493 e. The topological polar surface area (TPSA) is 112 Å². The molecule has 2 heterocycles. The van der Waals surface area contributed by atoms with Crippen LogP contribution in [-0.4, -0.2) is 65.1 Å². The Hall–Kier alpha value is -3.56. The van der Waals surface area contributed by atoms with Crippen LogP contribution in [0.15, 0.2) is 24.5 Å². The van der Waals surface area contributed by atoms with Gasteiger partial charge in [0, 0.05) is 12.6 Å². The van der Waals surface area contributed by atoms with Crippen LogP contribution in [0, 0.1) is 0 Å². The number of fused-ring (bicyclic) bond motifs is 1. The summed E-state index contributed by atoms with van der Waals surface area (Å²) in [6.07, 6.45) is 6.58. The van der Waals surface area contributed by atoms with Crippen molar-refractivity contribution >= 4 is 17.8 Å². The molecule has 2 aliphatic rings. The van der Waals surface area contributed by atoms with Crippen molar-refractivity contribution in [2.24, 2.45) is 0 Å².